The van der Waals surface area contributed by atoms with Crippen molar-refractivity contribution in [1.29, 1.82) is 0 Å². The molecule has 0 unspecified atom stereocenters. The molecule has 0 atom stereocenters. The first-order valence-electron chi connectivity index (χ1n) is 4.92. The second-order valence-electron chi connectivity index (χ2n) is 3.67. The first-order valence-corrected chi connectivity index (χ1v) is 4.92. The standard InChI is InChI=1S/C10H14N4/c1-4-8-11-5-7-9(6(2)3)13-14-10(7)12-8/h5-6H,4H2,1-3H3,(H,11,12,13,14). The van der Waals surface area contributed by atoms with E-state index in [4.69, 9.17) is 0 Å². The van der Waals surface area contributed by atoms with Gasteiger partial charge in [-0.15, -0.1) is 0 Å². The van der Waals surface area contributed by atoms with Gasteiger partial charge < -0.3 is 0 Å². The zero-order valence-corrected chi connectivity index (χ0v) is 8.70. The van der Waals surface area contributed by atoms with Gasteiger partial charge in [0.1, 0.15) is 5.82 Å². The van der Waals surface area contributed by atoms with E-state index in [0.29, 0.717) is 5.92 Å². The highest BCUT2D eigenvalue weighted by Crippen LogP contribution is 2.20. The van der Waals surface area contributed by atoms with Gasteiger partial charge in [0, 0.05) is 18.3 Å². The zero-order chi connectivity index (χ0) is 10.1. The van der Waals surface area contributed by atoms with Crippen molar-refractivity contribution >= 4 is 11.0 Å². The minimum absolute atomic E-state index is 0.427. The fourth-order valence-electron chi connectivity index (χ4n) is 1.47. The van der Waals surface area contributed by atoms with Crippen molar-refractivity contribution in [3.05, 3.63) is 17.7 Å². The van der Waals surface area contributed by atoms with Crippen LogP contribution in [0, 0.1) is 0 Å². The maximum Gasteiger partial charge on any atom is 0.184 e. The molecule has 0 spiro atoms. The molecule has 4 nitrogen and oxygen atoms in total. The van der Waals surface area contributed by atoms with Crippen molar-refractivity contribution in [2.75, 3.05) is 0 Å². The number of nitrogens with zero attached hydrogens (tertiary/aromatic N) is 3. The first kappa shape index (κ1) is 9.12. The molecule has 2 heterocycles. The predicted octanol–water partition coefficient (Wildman–Crippen LogP) is 2.04. The minimum Gasteiger partial charge on any atom is -0.279 e. The topological polar surface area (TPSA) is 54.5 Å². The van der Waals surface area contributed by atoms with E-state index >= 15 is 0 Å². The molecule has 0 radical (unpaired) electrons. The van der Waals surface area contributed by atoms with Crippen LogP contribution in [0.4, 0.5) is 0 Å². The van der Waals surface area contributed by atoms with E-state index in [0.717, 1.165) is 29.0 Å². The highest BCUT2D eigenvalue weighted by Gasteiger charge is 2.10. The molecule has 0 aliphatic heterocycles. The van der Waals surface area contributed by atoms with Crippen molar-refractivity contribution in [3.63, 3.8) is 0 Å². The number of aryl methyl sites for hydroxylation is 1. The molecule has 2 aromatic heterocycles. The molecule has 14 heavy (non-hydrogen) atoms. The Balaban J connectivity index is 2.59. The van der Waals surface area contributed by atoms with E-state index in [1.54, 1.807) is 0 Å². The molecule has 0 saturated heterocycles. The lowest BCUT2D eigenvalue weighted by Gasteiger charge is -2.00. The normalized spacial score (nSPS) is 11.4. The Bertz CT molecular complexity index is 444. The zero-order valence-electron chi connectivity index (χ0n) is 8.70. The summed E-state index contributed by atoms with van der Waals surface area (Å²) in [5, 5.41) is 8.22. The summed E-state index contributed by atoms with van der Waals surface area (Å²) in [6.45, 7) is 6.29. The Morgan fingerprint density at radius 1 is 1.43 bits per heavy atom. The van der Waals surface area contributed by atoms with Gasteiger partial charge in [-0.3, -0.25) is 5.10 Å². The Hall–Kier alpha value is -1.45. The van der Waals surface area contributed by atoms with E-state index in [-0.39, 0.29) is 0 Å². The van der Waals surface area contributed by atoms with Gasteiger partial charge >= 0.3 is 0 Å². The van der Waals surface area contributed by atoms with Crippen LogP contribution in [0.2, 0.25) is 0 Å². The molecule has 0 fully saturated rings. The molecule has 0 aromatic carbocycles. The summed E-state index contributed by atoms with van der Waals surface area (Å²) in [5.74, 6) is 1.27. The Morgan fingerprint density at radius 2 is 2.21 bits per heavy atom. The minimum atomic E-state index is 0.427. The average Bonchev–Trinajstić information content (AvgIpc) is 2.59. The molecule has 0 bridgehead atoms. The maximum atomic E-state index is 4.34. The van der Waals surface area contributed by atoms with Gasteiger partial charge in [-0.2, -0.15) is 5.10 Å². The molecule has 4 heteroatoms. The van der Waals surface area contributed by atoms with Gasteiger partial charge in [-0.25, -0.2) is 9.97 Å². The van der Waals surface area contributed by atoms with Crippen molar-refractivity contribution in [2.45, 2.75) is 33.1 Å². The van der Waals surface area contributed by atoms with Gasteiger partial charge in [0.2, 0.25) is 0 Å². The molecule has 0 aliphatic carbocycles. The molecule has 0 aliphatic rings. The van der Waals surface area contributed by atoms with Crippen molar-refractivity contribution in [1.82, 2.24) is 20.2 Å². The van der Waals surface area contributed by atoms with Crippen LogP contribution < -0.4 is 0 Å². The molecule has 0 saturated carbocycles. The van der Waals surface area contributed by atoms with Gasteiger partial charge in [-0.1, -0.05) is 20.8 Å². The fourth-order valence-corrected chi connectivity index (χ4v) is 1.47. The third kappa shape index (κ3) is 1.36. The van der Waals surface area contributed by atoms with Gasteiger partial charge in [0.05, 0.1) is 5.39 Å². The number of aromatic amines is 1. The summed E-state index contributed by atoms with van der Waals surface area (Å²) in [6, 6.07) is 0. The highest BCUT2D eigenvalue weighted by molar-refractivity contribution is 5.77. The molecular weight excluding hydrogens is 176 g/mol. The third-order valence-corrected chi connectivity index (χ3v) is 2.28. The van der Waals surface area contributed by atoms with E-state index in [2.05, 4.69) is 34.0 Å². The van der Waals surface area contributed by atoms with E-state index in [1.807, 2.05) is 13.1 Å². The van der Waals surface area contributed by atoms with Crippen LogP contribution >= 0.6 is 0 Å². The predicted molar refractivity (Wildman–Crippen MR) is 55.2 cm³/mol. The van der Waals surface area contributed by atoms with Crippen molar-refractivity contribution in [2.24, 2.45) is 0 Å². The van der Waals surface area contributed by atoms with E-state index in [1.165, 1.54) is 0 Å². The largest absolute Gasteiger partial charge is 0.279 e. The van der Waals surface area contributed by atoms with Crippen LogP contribution in [-0.2, 0) is 6.42 Å². The van der Waals surface area contributed by atoms with Crippen LogP contribution in [-0.4, -0.2) is 20.2 Å². The molecule has 1 N–H and O–H groups in total. The van der Waals surface area contributed by atoms with Crippen LogP contribution in [0.5, 0.6) is 0 Å². The van der Waals surface area contributed by atoms with E-state index < -0.39 is 0 Å². The third-order valence-electron chi connectivity index (χ3n) is 2.28. The second kappa shape index (κ2) is 3.36. The summed E-state index contributed by atoms with van der Waals surface area (Å²) in [5.41, 5.74) is 1.89. The van der Waals surface area contributed by atoms with Crippen LogP contribution in [0.3, 0.4) is 0 Å². The van der Waals surface area contributed by atoms with Crippen LogP contribution in [0.1, 0.15) is 38.2 Å². The summed E-state index contributed by atoms with van der Waals surface area (Å²) in [4.78, 5) is 8.61. The number of hydrogen-bond donors (Lipinski definition) is 1. The Morgan fingerprint density at radius 3 is 2.86 bits per heavy atom. The lowest BCUT2D eigenvalue weighted by molar-refractivity contribution is 0.817. The molecule has 2 aromatic rings. The van der Waals surface area contributed by atoms with Crippen molar-refractivity contribution < 1.29 is 0 Å². The quantitative estimate of drug-likeness (QED) is 0.788. The first-order chi connectivity index (χ1) is 6.72. The monoisotopic (exact) mass is 190 g/mol. The molecule has 0 amide bonds. The number of hydrogen-bond acceptors (Lipinski definition) is 3. The number of H-pyrrole nitrogens is 1. The van der Waals surface area contributed by atoms with Gasteiger partial charge in [-0.05, 0) is 5.92 Å². The maximum absolute atomic E-state index is 4.34. The summed E-state index contributed by atoms with van der Waals surface area (Å²) >= 11 is 0. The van der Waals surface area contributed by atoms with Gasteiger partial charge in [0.25, 0.3) is 0 Å². The highest BCUT2D eigenvalue weighted by atomic mass is 15.2. The fraction of sp³-hybridized carbons (Fsp3) is 0.500. The van der Waals surface area contributed by atoms with Gasteiger partial charge in [0.15, 0.2) is 5.65 Å². The lowest BCUT2D eigenvalue weighted by Crippen LogP contribution is -1.93. The summed E-state index contributed by atoms with van der Waals surface area (Å²) in [7, 11) is 0. The molecule has 2 rings (SSSR count). The lowest BCUT2D eigenvalue weighted by atomic mass is 10.1. The Kier molecular flexibility index (Phi) is 2.19. The van der Waals surface area contributed by atoms with Crippen LogP contribution in [0.25, 0.3) is 11.0 Å². The summed E-state index contributed by atoms with van der Waals surface area (Å²) < 4.78 is 0. The number of fused-ring (bicyclic) bond motifs is 1. The average molecular weight is 190 g/mol. The number of nitrogens with one attached hydrogen (secondary N) is 1. The molecular formula is C10H14N4. The van der Waals surface area contributed by atoms with E-state index in [9.17, 15) is 0 Å². The van der Waals surface area contributed by atoms with Crippen LogP contribution in [0.15, 0.2) is 6.20 Å². The number of rotatable bonds is 2. The Labute approximate surface area is 82.8 Å². The SMILES string of the molecule is CCc1ncc2c(C(C)C)[nH]nc2n1. The summed E-state index contributed by atoms with van der Waals surface area (Å²) in [6.07, 6.45) is 2.71. The smallest absolute Gasteiger partial charge is 0.184 e. The number of aromatic nitrogens is 4. The van der Waals surface area contributed by atoms with Crippen molar-refractivity contribution in [3.8, 4) is 0 Å². The second-order valence-corrected chi connectivity index (χ2v) is 3.67. The molecule has 74 valence electrons.